The van der Waals surface area contributed by atoms with Gasteiger partial charge in [0.1, 0.15) is 0 Å². The third-order valence-corrected chi connectivity index (χ3v) is 8.14. The van der Waals surface area contributed by atoms with Gasteiger partial charge in [0.15, 0.2) is 0 Å². The first-order valence-corrected chi connectivity index (χ1v) is 17.5. The summed E-state index contributed by atoms with van der Waals surface area (Å²) in [6, 6.07) is 48.9. The number of Topliss-reactive ketones (excluding diaryl/α,β-unsaturated/α-hetero) is 2. The molecule has 0 spiro atoms. The minimum Gasteiger partial charge on any atom is -0.397 e. The van der Waals surface area contributed by atoms with Crippen molar-refractivity contribution < 1.29 is 14.7 Å². The Morgan fingerprint density at radius 2 is 0.843 bits per heavy atom. The van der Waals surface area contributed by atoms with Crippen LogP contribution < -0.4 is 11.5 Å². The molecule has 0 saturated carbocycles. The normalized spacial score (nSPS) is 9.96. The third kappa shape index (κ3) is 11.3. The molecule has 0 radical (unpaired) electrons. The number of aromatic nitrogens is 2. The number of carbonyl (C=O) groups is 2. The second kappa shape index (κ2) is 19.6. The molecule has 7 aromatic rings. The fourth-order valence-corrected chi connectivity index (χ4v) is 5.10. The zero-order valence-corrected chi connectivity index (χ0v) is 31.0. The summed E-state index contributed by atoms with van der Waals surface area (Å²) in [5.41, 5.74) is 18.7. The molecule has 1 aromatic heterocycles. The molecule has 51 heavy (non-hydrogen) atoms. The predicted octanol–water partition coefficient (Wildman–Crippen LogP) is 10.1. The van der Waals surface area contributed by atoms with E-state index in [1.807, 2.05) is 66.7 Å². The zero-order valence-electron chi connectivity index (χ0n) is 27.8. The molecular formula is C42H36Br2N4O3. The van der Waals surface area contributed by atoms with Crippen LogP contribution in [0.15, 0.2) is 167 Å². The van der Waals surface area contributed by atoms with Crippen molar-refractivity contribution in [1.29, 1.82) is 0 Å². The molecule has 6 aromatic carbocycles. The lowest BCUT2D eigenvalue weighted by atomic mass is 10.0. The van der Waals surface area contributed by atoms with Gasteiger partial charge in [-0.1, -0.05) is 129 Å². The summed E-state index contributed by atoms with van der Waals surface area (Å²) in [4.78, 5) is 33.5. The summed E-state index contributed by atoms with van der Waals surface area (Å²) in [7, 11) is 0. The minimum absolute atomic E-state index is 0.250. The number of hydrogen-bond donors (Lipinski definition) is 3. The molecule has 0 saturated heterocycles. The van der Waals surface area contributed by atoms with E-state index in [1.54, 1.807) is 73.7 Å². The average Bonchev–Trinajstić information content (AvgIpc) is 3.17. The molecule has 7 rings (SSSR count). The summed E-state index contributed by atoms with van der Waals surface area (Å²) in [5.74, 6) is -0.961. The van der Waals surface area contributed by atoms with Gasteiger partial charge in [-0.3, -0.25) is 9.59 Å². The Kier molecular flexibility index (Phi) is 14.8. The molecule has 0 aliphatic rings. The predicted molar refractivity (Wildman–Crippen MR) is 215 cm³/mol. The fraction of sp³-hybridized carbons (Fsp3) is 0.0476. The van der Waals surface area contributed by atoms with Crippen LogP contribution in [0.25, 0.3) is 33.5 Å². The largest absolute Gasteiger partial charge is 0.397 e. The number of anilines is 2. The van der Waals surface area contributed by atoms with Crippen molar-refractivity contribution in [1.82, 2.24) is 9.97 Å². The number of ketones is 2. The minimum atomic E-state index is -0.483. The number of rotatable bonds is 5. The van der Waals surface area contributed by atoms with Gasteiger partial charge in [0, 0.05) is 37.8 Å². The van der Waals surface area contributed by atoms with Crippen molar-refractivity contribution in [2.75, 3.05) is 18.1 Å². The number of para-hydroxylation sites is 4. The number of nitrogens with two attached hydrogens (primary N) is 2. The molecule has 9 heteroatoms. The van der Waals surface area contributed by atoms with Crippen molar-refractivity contribution in [3.05, 3.63) is 178 Å². The Bertz CT molecular complexity index is 2140. The molecular weight excluding hydrogens is 768 g/mol. The smallest absolute Gasteiger partial charge is 0.233 e. The van der Waals surface area contributed by atoms with Crippen molar-refractivity contribution in [2.45, 2.75) is 6.92 Å². The molecule has 0 unspecified atom stereocenters. The molecule has 0 aliphatic heterocycles. The first-order chi connectivity index (χ1) is 24.7. The number of benzene rings is 6. The summed E-state index contributed by atoms with van der Waals surface area (Å²) < 4.78 is 1.93. The summed E-state index contributed by atoms with van der Waals surface area (Å²) in [5, 5.41) is 7.57. The summed E-state index contributed by atoms with van der Waals surface area (Å²) in [6.07, 6.45) is 0. The highest BCUT2D eigenvalue weighted by Crippen LogP contribution is 2.31. The molecule has 0 atom stereocenters. The van der Waals surface area contributed by atoms with E-state index in [2.05, 4.69) is 56.1 Å². The second-order valence-electron chi connectivity index (χ2n) is 10.8. The van der Waals surface area contributed by atoms with Crippen LogP contribution in [0.4, 0.5) is 11.4 Å². The Labute approximate surface area is 314 Å². The van der Waals surface area contributed by atoms with Gasteiger partial charge in [-0.15, -0.1) is 0 Å². The molecule has 0 amide bonds. The van der Waals surface area contributed by atoms with Crippen LogP contribution in [0, 0.1) is 0 Å². The molecule has 0 bridgehead atoms. The van der Waals surface area contributed by atoms with Crippen LogP contribution in [0.1, 0.15) is 27.6 Å². The maximum absolute atomic E-state index is 11.9. The SMILES string of the molecule is Brc1ccc(-c2nc3ccccc3nc2-c2ccccc2)cc1.CCO.Nc1ccccc1N.O=C(C(=O)c1ccc(Br)cc1)c1ccccc1. The number of nitrogen functional groups attached to an aromatic ring is 2. The van der Waals surface area contributed by atoms with Crippen molar-refractivity contribution in [3.8, 4) is 22.5 Å². The van der Waals surface area contributed by atoms with E-state index < -0.39 is 11.6 Å². The first-order valence-electron chi connectivity index (χ1n) is 15.9. The number of aliphatic hydroxyl groups is 1. The van der Waals surface area contributed by atoms with Gasteiger partial charge >= 0.3 is 0 Å². The summed E-state index contributed by atoms with van der Waals surface area (Å²) >= 11 is 6.77. The highest BCUT2D eigenvalue weighted by molar-refractivity contribution is 9.10. The molecule has 1 heterocycles. The molecule has 7 nitrogen and oxygen atoms in total. The van der Waals surface area contributed by atoms with E-state index >= 15 is 0 Å². The van der Waals surface area contributed by atoms with Crippen LogP contribution in [0.3, 0.4) is 0 Å². The zero-order chi connectivity index (χ0) is 36.6. The van der Waals surface area contributed by atoms with Gasteiger partial charge < -0.3 is 16.6 Å². The van der Waals surface area contributed by atoms with Crippen LogP contribution in [-0.4, -0.2) is 33.2 Å². The number of halogens is 2. The lowest BCUT2D eigenvalue weighted by Gasteiger charge is -2.10. The lowest BCUT2D eigenvalue weighted by Crippen LogP contribution is -2.14. The van der Waals surface area contributed by atoms with Gasteiger partial charge in [0.05, 0.1) is 33.8 Å². The number of nitrogens with zero attached hydrogens (tertiary/aromatic N) is 2. The molecule has 0 aliphatic carbocycles. The number of fused-ring (bicyclic) bond motifs is 1. The maximum Gasteiger partial charge on any atom is 0.233 e. The topological polar surface area (TPSA) is 132 Å². The standard InChI is InChI=1S/C20H13BrN2.C14H9BrO2.C6H8N2.C2H6O/c21-16-12-10-15(11-13-16)20-19(14-6-2-1-3-7-14)22-17-8-4-5-9-18(17)23-20;15-12-8-6-11(7-9-12)14(17)13(16)10-4-2-1-3-5-10;7-5-3-1-2-4-6(5)8;1-2-3/h1-13H;1-9H;1-4H,7-8H2;3H,2H2,1H3. The number of aliphatic hydroxyl groups excluding tert-OH is 1. The van der Waals surface area contributed by atoms with Gasteiger partial charge in [-0.2, -0.15) is 0 Å². The lowest BCUT2D eigenvalue weighted by molar-refractivity contribution is 0.0817. The van der Waals surface area contributed by atoms with E-state index in [-0.39, 0.29) is 6.61 Å². The van der Waals surface area contributed by atoms with Gasteiger partial charge in [-0.05, 0) is 67.6 Å². The van der Waals surface area contributed by atoms with Crippen LogP contribution >= 0.6 is 31.9 Å². The van der Waals surface area contributed by atoms with E-state index in [0.29, 0.717) is 22.5 Å². The monoisotopic (exact) mass is 802 g/mol. The quantitative estimate of drug-likeness (QED) is 0.0897. The van der Waals surface area contributed by atoms with Gasteiger partial charge in [0.2, 0.25) is 11.6 Å². The van der Waals surface area contributed by atoms with Crippen molar-refractivity contribution >= 4 is 65.8 Å². The van der Waals surface area contributed by atoms with Crippen LogP contribution in [0.2, 0.25) is 0 Å². The van der Waals surface area contributed by atoms with Crippen LogP contribution in [-0.2, 0) is 0 Å². The summed E-state index contributed by atoms with van der Waals surface area (Å²) in [6.45, 7) is 1.93. The van der Waals surface area contributed by atoms with E-state index in [4.69, 9.17) is 26.5 Å². The van der Waals surface area contributed by atoms with Gasteiger partial charge in [0.25, 0.3) is 0 Å². The van der Waals surface area contributed by atoms with Crippen molar-refractivity contribution in [3.63, 3.8) is 0 Å². The molecule has 5 N–H and O–H groups in total. The van der Waals surface area contributed by atoms with E-state index in [9.17, 15) is 9.59 Å². The van der Waals surface area contributed by atoms with E-state index in [0.717, 1.165) is 42.5 Å². The molecule has 256 valence electrons. The Hall–Kier alpha value is -5.48. The Morgan fingerprint density at radius 1 is 0.510 bits per heavy atom. The highest BCUT2D eigenvalue weighted by Gasteiger charge is 2.17. The third-order valence-electron chi connectivity index (χ3n) is 7.08. The van der Waals surface area contributed by atoms with Crippen molar-refractivity contribution in [2.24, 2.45) is 0 Å². The number of carbonyl (C=O) groups excluding carboxylic acids is 2. The van der Waals surface area contributed by atoms with E-state index in [1.165, 1.54) is 0 Å². The van der Waals surface area contributed by atoms with Gasteiger partial charge in [-0.25, -0.2) is 9.97 Å². The Morgan fingerprint density at radius 3 is 1.27 bits per heavy atom. The first kappa shape index (κ1) is 38.3. The fourth-order valence-electron chi connectivity index (χ4n) is 4.57. The Balaban J connectivity index is 0.000000182. The maximum atomic E-state index is 11.9. The van der Waals surface area contributed by atoms with Crippen LogP contribution in [0.5, 0.6) is 0 Å². The number of hydrogen-bond acceptors (Lipinski definition) is 7. The second-order valence-corrected chi connectivity index (χ2v) is 12.6. The highest BCUT2D eigenvalue weighted by atomic mass is 79.9. The molecule has 0 fully saturated rings. The average molecular weight is 805 g/mol.